The fourth-order valence-electron chi connectivity index (χ4n) is 3.85. The zero-order chi connectivity index (χ0) is 18.5. The van der Waals surface area contributed by atoms with E-state index in [1.165, 1.54) is 0 Å². The van der Waals surface area contributed by atoms with E-state index in [0.29, 0.717) is 35.4 Å². The smallest absolute Gasteiger partial charge is 0.246 e. The highest BCUT2D eigenvalue weighted by Crippen LogP contribution is 2.33. The normalized spacial score (nSPS) is 19.2. The number of imidazole rings is 1. The van der Waals surface area contributed by atoms with E-state index in [2.05, 4.69) is 28.5 Å². The Morgan fingerprint density at radius 1 is 1.24 bits per heavy atom. The summed E-state index contributed by atoms with van der Waals surface area (Å²) in [5, 5.41) is 4.26. The average molecular weight is 366 g/mol. The van der Waals surface area contributed by atoms with Gasteiger partial charge in [-0.3, -0.25) is 4.68 Å². The molecule has 3 heterocycles. The van der Waals surface area contributed by atoms with Crippen molar-refractivity contribution in [1.29, 1.82) is 0 Å². The Labute approximate surface area is 149 Å². The summed E-state index contributed by atoms with van der Waals surface area (Å²) in [6.45, 7) is 10.8. The van der Waals surface area contributed by atoms with Crippen LogP contribution in [0.25, 0.3) is 0 Å². The maximum atomic E-state index is 13.1. The second-order valence-electron chi connectivity index (χ2n) is 7.19. The molecular formula is C17H27N5O2S. The van der Waals surface area contributed by atoms with Crippen LogP contribution >= 0.6 is 0 Å². The standard InChI is InChI=1S/C17H27N5O2S/c1-11(2)22-12(3)9-18-17(22)15-7-8-21(10-15)25(23,24)16-13(4)19-20(6)14(16)5/h9,11,15H,7-8,10H2,1-6H3. The molecule has 8 heteroatoms. The monoisotopic (exact) mass is 365 g/mol. The zero-order valence-corrected chi connectivity index (χ0v) is 16.6. The van der Waals surface area contributed by atoms with E-state index in [0.717, 1.165) is 17.9 Å². The van der Waals surface area contributed by atoms with Gasteiger partial charge in [-0.05, 0) is 41.0 Å². The number of rotatable bonds is 4. The Balaban J connectivity index is 1.91. The number of sulfonamides is 1. The van der Waals surface area contributed by atoms with Crippen LogP contribution in [0.5, 0.6) is 0 Å². The Kier molecular flexibility index (Phi) is 4.53. The zero-order valence-electron chi connectivity index (χ0n) is 15.8. The quantitative estimate of drug-likeness (QED) is 0.833. The first-order valence-electron chi connectivity index (χ1n) is 8.68. The molecule has 0 aliphatic carbocycles. The molecule has 1 unspecified atom stereocenters. The van der Waals surface area contributed by atoms with Crippen LogP contribution in [-0.4, -0.2) is 45.1 Å². The minimum absolute atomic E-state index is 0.128. The molecule has 1 saturated heterocycles. The highest BCUT2D eigenvalue weighted by atomic mass is 32.2. The molecule has 2 aromatic rings. The number of hydrogen-bond donors (Lipinski definition) is 0. The van der Waals surface area contributed by atoms with Crippen LogP contribution in [0.1, 0.15) is 55.1 Å². The number of aromatic nitrogens is 4. The fraction of sp³-hybridized carbons (Fsp3) is 0.647. The minimum atomic E-state index is -3.53. The van der Waals surface area contributed by atoms with Crippen LogP contribution in [0, 0.1) is 20.8 Å². The van der Waals surface area contributed by atoms with Crippen molar-refractivity contribution in [3.63, 3.8) is 0 Å². The lowest BCUT2D eigenvalue weighted by molar-refractivity contribution is 0.463. The molecule has 1 atom stereocenters. The van der Waals surface area contributed by atoms with Crippen molar-refractivity contribution >= 4 is 10.0 Å². The lowest BCUT2D eigenvalue weighted by atomic mass is 10.1. The molecule has 0 N–H and O–H groups in total. The van der Waals surface area contributed by atoms with Gasteiger partial charge in [-0.15, -0.1) is 0 Å². The van der Waals surface area contributed by atoms with Crippen LogP contribution in [-0.2, 0) is 17.1 Å². The minimum Gasteiger partial charge on any atom is -0.330 e. The van der Waals surface area contributed by atoms with Gasteiger partial charge in [0.25, 0.3) is 0 Å². The molecule has 0 bridgehead atoms. The van der Waals surface area contributed by atoms with E-state index in [4.69, 9.17) is 0 Å². The maximum absolute atomic E-state index is 13.1. The van der Waals surface area contributed by atoms with E-state index in [9.17, 15) is 8.42 Å². The molecular weight excluding hydrogens is 338 g/mol. The molecule has 138 valence electrons. The summed E-state index contributed by atoms with van der Waals surface area (Å²) in [5.41, 5.74) is 2.36. The molecule has 7 nitrogen and oxygen atoms in total. The van der Waals surface area contributed by atoms with Gasteiger partial charge >= 0.3 is 0 Å². The highest BCUT2D eigenvalue weighted by Gasteiger charge is 2.38. The number of aryl methyl sites for hydroxylation is 3. The van der Waals surface area contributed by atoms with Crippen molar-refractivity contribution in [3.05, 3.63) is 29.1 Å². The van der Waals surface area contributed by atoms with Gasteiger partial charge in [-0.25, -0.2) is 13.4 Å². The number of nitrogens with zero attached hydrogens (tertiary/aromatic N) is 5. The van der Waals surface area contributed by atoms with Gasteiger partial charge in [0.15, 0.2) is 0 Å². The summed E-state index contributed by atoms with van der Waals surface area (Å²) in [6, 6.07) is 0.311. The Morgan fingerprint density at radius 2 is 1.92 bits per heavy atom. The lowest BCUT2D eigenvalue weighted by Crippen LogP contribution is -2.30. The molecule has 0 amide bonds. The summed E-state index contributed by atoms with van der Waals surface area (Å²) < 4.78 is 31.7. The van der Waals surface area contributed by atoms with Crippen LogP contribution in [0.3, 0.4) is 0 Å². The summed E-state index contributed by atoms with van der Waals surface area (Å²) in [5.74, 6) is 1.12. The Hall–Kier alpha value is -1.67. The molecule has 2 aromatic heterocycles. The van der Waals surface area contributed by atoms with Crippen LogP contribution < -0.4 is 0 Å². The van der Waals surface area contributed by atoms with Gasteiger partial charge < -0.3 is 4.57 Å². The first kappa shape index (κ1) is 18.1. The van der Waals surface area contributed by atoms with Gasteiger partial charge in [-0.1, -0.05) is 0 Å². The van der Waals surface area contributed by atoms with Crippen molar-refractivity contribution in [1.82, 2.24) is 23.6 Å². The van der Waals surface area contributed by atoms with E-state index in [1.807, 2.05) is 13.1 Å². The largest absolute Gasteiger partial charge is 0.330 e. The SMILES string of the molecule is Cc1nn(C)c(C)c1S(=O)(=O)N1CCC(c2ncc(C)n2C(C)C)C1. The molecule has 25 heavy (non-hydrogen) atoms. The van der Waals surface area contributed by atoms with Crippen LogP contribution in [0.4, 0.5) is 0 Å². The van der Waals surface area contributed by atoms with Gasteiger partial charge in [-0.2, -0.15) is 9.40 Å². The van der Waals surface area contributed by atoms with Gasteiger partial charge in [0.1, 0.15) is 10.7 Å². The van der Waals surface area contributed by atoms with Crippen molar-refractivity contribution in [3.8, 4) is 0 Å². The summed E-state index contributed by atoms with van der Waals surface area (Å²) in [6.07, 6.45) is 2.67. The third kappa shape index (κ3) is 2.91. The maximum Gasteiger partial charge on any atom is 0.246 e. The van der Waals surface area contributed by atoms with E-state index < -0.39 is 10.0 Å². The first-order chi connectivity index (χ1) is 11.6. The second-order valence-corrected chi connectivity index (χ2v) is 9.07. The van der Waals surface area contributed by atoms with E-state index in [-0.39, 0.29) is 5.92 Å². The third-order valence-electron chi connectivity index (χ3n) is 5.08. The molecule has 1 fully saturated rings. The van der Waals surface area contributed by atoms with Crippen molar-refractivity contribution < 1.29 is 8.42 Å². The Bertz CT molecular complexity index is 895. The summed E-state index contributed by atoms with van der Waals surface area (Å²) in [4.78, 5) is 4.92. The first-order valence-corrected chi connectivity index (χ1v) is 10.1. The van der Waals surface area contributed by atoms with E-state index >= 15 is 0 Å². The third-order valence-corrected chi connectivity index (χ3v) is 7.20. The molecule has 0 radical (unpaired) electrons. The van der Waals surface area contributed by atoms with Crippen molar-refractivity contribution in [2.45, 2.75) is 57.9 Å². The van der Waals surface area contributed by atoms with Gasteiger partial charge in [0.05, 0.1) is 11.4 Å². The van der Waals surface area contributed by atoms with Gasteiger partial charge in [0.2, 0.25) is 10.0 Å². The second kappa shape index (κ2) is 6.25. The molecule has 3 rings (SSSR count). The molecule has 1 aliphatic heterocycles. The predicted molar refractivity (Wildman–Crippen MR) is 96.1 cm³/mol. The molecule has 0 saturated carbocycles. The van der Waals surface area contributed by atoms with Gasteiger partial charge in [0, 0.05) is 44.0 Å². The Morgan fingerprint density at radius 3 is 2.48 bits per heavy atom. The topological polar surface area (TPSA) is 73.0 Å². The summed E-state index contributed by atoms with van der Waals surface area (Å²) >= 11 is 0. The van der Waals surface area contributed by atoms with Crippen LogP contribution in [0.15, 0.2) is 11.1 Å². The van der Waals surface area contributed by atoms with Crippen molar-refractivity contribution in [2.24, 2.45) is 7.05 Å². The lowest BCUT2D eigenvalue weighted by Gasteiger charge is -2.19. The average Bonchev–Trinajstić information content (AvgIpc) is 3.18. The van der Waals surface area contributed by atoms with Crippen LogP contribution in [0.2, 0.25) is 0 Å². The predicted octanol–water partition coefficient (Wildman–Crippen LogP) is 2.30. The highest BCUT2D eigenvalue weighted by molar-refractivity contribution is 7.89. The molecule has 0 aromatic carbocycles. The van der Waals surface area contributed by atoms with E-state index in [1.54, 1.807) is 29.9 Å². The molecule has 1 aliphatic rings. The van der Waals surface area contributed by atoms with Crippen molar-refractivity contribution in [2.75, 3.05) is 13.1 Å². The number of hydrogen-bond acceptors (Lipinski definition) is 4. The fourth-order valence-corrected chi connectivity index (χ4v) is 5.75. The summed E-state index contributed by atoms with van der Waals surface area (Å²) in [7, 11) is -1.76. The molecule has 0 spiro atoms.